The summed E-state index contributed by atoms with van der Waals surface area (Å²) in [5, 5.41) is 14.8. The number of fused-ring (bicyclic) bond motifs is 1. The van der Waals surface area contributed by atoms with E-state index in [1.165, 1.54) is 25.1 Å². The van der Waals surface area contributed by atoms with Crippen molar-refractivity contribution in [3.05, 3.63) is 70.3 Å². The van der Waals surface area contributed by atoms with Gasteiger partial charge < -0.3 is 19.6 Å². The van der Waals surface area contributed by atoms with Crippen LogP contribution in [0.15, 0.2) is 48.8 Å². The zero-order valence-electron chi connectivity index (χ0n) is 18.9. The minimum atomic E-state index is -1.05. The van der Waals surface area contributed by atoms with Crippen LogP contribution in [0.1, 0.15) is 17.3 Å². The molecule has 0 spiro atoms. The lowest BCUT2D eigenvalue weighted by Crippen LogP contribution is -2.10. The van der Waals surface area contributed by atoms with Crippen LogP contribution in [0.2, 0.25) is 0 Å². The number of nitrogens with one attached hydrogen (secondary N) is 1. The van der Waals surface area contributed by atoms with E-state index in [1.54, 1.807) is 13.1 Å². The molecule has 2 aromatic heterocycles. The summed E-state index contributed by atoms with van der Waals surface area (Å²) in [6.45, 7) is 1.83. The molecule has 0 radical (unpaired) electrons. The molecule has 0 fully saturated rings. The maximum absolute atomic E-state index is 14.0. The predicted molar refractivity (Wildman–Crippen MR) is 124 cm³/mol. The Kier molecular flexibility index (Phi) is 6.44. The number of carbonyl (C=O) groups excluding carboxylic acids is 1. The van der Waals surface area contributed by atoms with Crippen molar-refractivity contribution >= 4 is 34.2 Å². The van der Waals surface area contributed by atoms with Gasteiger partial charge in [0.1, 0.15) is 18.4 Å². The maximum Gasteiger partial charge on any atom is 0.341 e. The molecule has 0 bridgehead atoms. The van der Waals surface area contributed by atoms with Gasteiger partial charge in [-0.15, -0.1) is 0 Å². The van der Waals surface area contributed by atoms with Crippen LogP contribution in [-0.2, 0) is 4.74 Å². The van der Waals surface area contributed by atoms with Gasteiger partial charge in [0.15, 0.2) is 0 Å². The van der Waals surface area contributed by atoms with Crippen LogP contribution in [0, 0.1) is 15.9 Å². The van der Waals surface area contributed by atoms with Crippen molar-refractivity contribution in [3.63, 3.8) is 0 Å². The van der Waals surface area contributed by atoms with Crippen LogP contribution in [0.25, 0.3) is 22.2 Å². The van der Waals surface area contributed by atoms with Crippen molar-refractivity contribution in [2.75, 3.05) is 26.1 Å². The summed E-state index contributed by atoms with van der Waals surface area (Å²) < 4.78 is 25.9. The van der Waals surface area contributed by atoms with E-state index >= 15 is 0 Å². The first-order chi connectivity index (χ1) is 16.9. The Bertz CT molecular complexity index is 1440. The molecule has 180 valence electrons. The molecule has 0 aliphatic carbocycles. The highest BCUT2D eigenvalue weighted by Crippen LogP contribution is 2.35. The van der Waals surface area contributed by atoms with E-state index in [2.05, 4.69) is 15.3 Å². The molecule has 0 unspecified atom stereocenters. The number of rotatable bonds is 8. The lowest BCUT2D eigenvalue weighted by molar-refractivity contribution is -0.387. The second-order valence-electron chi connectivity index (χ2n) is 7.13. The van der Waals surface area contributed by atoms with Crippen molar-refractivity contribution in [1.29, 1.82) is 0 Å². The lowest BCUT2D eigenvalue weighted by atomic mass is 10.1. The number of carbonyl (C=O) groups is 1. The molecule has 0 saturated heterocycles. The Morgan fingerprint density at radius 3 is 2.71 bits per heavy atom. The Morgan fingerprint density at radius 2 is 2.03 bits per heavy atom. The minimum absolute atomic E-state index is 0.00343. The Morgan fingerprint density at radius 1 is 1.26 bits per heavy atom. The summed E-state index contributed by atoms with van der Waals surface area (Å²) in [4.78, 5) is 37.1. The summed E-state index contributed by atoms with van der Waals surface area (Å²) in [7, 11) is 2.80. The van der Waals surface area contributed by atoms with Gasteiger partial charge in [0.25, 0.3) is 0 Å². The van der Waals surface area contributed by atoms with E-state index in [4.69, 9.17) is 14.3 Å². The second kappa shape index (κ2) is 9.63. The summed E-state index contributed by atoms with van der Waals surface area (Å²) in [6, 6.07) is 9.23. The zero-order chi connectivity index (χ0) is 25.1. The lowest BCUT2D eigenvalue weighted by Gasteiger charge is -2.13. The number of anilines is 2. The summed E-state index contributed by atoms with van der Waals surface area (Å²) >= 11 is 0. The molecule has 0 amide bonds. The molecule has 4 rings (SSSR count). The van der Waals surface area contributed by atoms with Gasteiger partial charge in [-0.05, 0) is 13.0 Å². The number of ether oxygens (including phenoxy) is 2. The maximum atomic E-state index is 14.0. The largest absolute Gasteiger partial charge is 0.494 e. The van der Waals surface area contributed by atoms with Gasteiger partial charge in [0.2, 0.25) is 11.8 Å². The number of nitro groups is 1. The second-order valence-corrected chi connectivity index (χ2v) is 7.13. The monoisotopic (exact) mass is 481 g/mol. The normalized spacial score (nSPS) is 10.7. The first-order valence-corrected chi connectivity index (χ1v) is 10.4. The molecular formula is C23H20FN5O6. The molecule has 0 aliphatic heterocycles. The summed E-state index contributed by atoms with van der Waals surface area (Å²) in [6.07, 6.45) is 2.95. The van der Waals surface area contributed by atoms with Crippen molar-refractivity contribution in [2.24, 2.45) is 0 Å². The number of hydrogen-bond acceptors (Lipinski definition) is 9. The predicted octanol–water partition coefficient (Wildman–Crippen LogP) is 4.13. The SMILES string of the molecule is CCOC(=O)c1cnc(Nc2cc([N+](=O)[O-])c(F)cc2OC)nc1-c1cn(OC)c2ccccc12. The number of benzene rings is 2. The van der Waals surface area contributed by atoms with E-state index < -0.39 is 22.4 Å². The van der Waals surface area contributed by atoms with Crippen LogP contribution in [0.3, 0.4) is 0 Å². The van der Waals surface area contributed by atoms with Crippen LogP contribution in [0.5, 0.6) is 5.75 Å². The van der Waals surface area contributed by atoms with Crippen LogP contribution in [-0.4, -0.2) is 46.4 Å². The van der Waals surface area contributed by atoms with Gasteiger partial charge in [-0.2, -0.15) is 9.12 Å². The topological polar surface area (TPSA) is 131 Å². The van der Waals surface area contributed by atoms with E-state index in [0.717, 1.165) is 23.0 Å². The van der Waals surface area contributed by atoms with Crippen molar-refractivity contribution in [1.82, 2.24) is 14.7 Å². The highest BCUT2D eigenvalue weighted by atomic mass is 19.1. The number of halogens is 1. The average molecular weight is 481 g/mol. The van der Waals surface area contributed by atoms with Gasteiger partial charge in [0.05, 0.1) is 41.7 Å². The fraction of sp³-hybridized carbons (Fsp3) is 0.174. The van der Waals surface area contributed by atoms with Crippen molar-refractivity contribution in [2.45, 2.75) is 6.92 Å². The highest BCUT2D eigenvalue weighted by molar-refractivity contribution is 6.02. The highest BCUT2D eigenvalue weighted by Gasteiger charge is 2.23. The quantitative estimate of drug-likeness (QED) is 0.224. The van der Waals surface area contributed by atoms with Gasteiger partial charge in [-0.1, -0.05) is 18.2 Å². The number of aromatic nitrogens is 3. The van der Waals surface area contributed by atoms with Crippen LogP contribution in [0.4, 0.5) is 21.7 Å². The Hall–Kier alpha value is -4.74. The third kappa shape index (κ3) is 4.40. The van der Waals surface area contributed by atoms with E-state index in [0.29, 0.717) is 5.56 Å². The van der Waals surface area contributed by atoms with Crippen LogP contribution < -0.4 is 14.9 Å². The number of hydrogen-bond donors (Lipinski definition) is 1. The molecule has 12 heteroatoms. The fourth-order valence-corrected chi connectivity index (χ4v) is 3.57. The van der Waals surface area contributed by atoms with Gasteiger partial charge in [-0.3, -0.25) is 10.1 Å². The first-order valence-electron chi connectivity index (χ1n) is 10.4. The molecule has 0 atom stereocenters. The van der Waals surface area contributed by atoms with E-state index in [9.17, 15) is 19.3 Å². The van der Waals surface area contributed by atoms with Crippen molar-refractivity contribution < 1.29 is 28.4 Å². The average Bonchev–Trinajstić information content (AvgIpc) is 3.23. The molecule has 2 aromatic carbocycles. The fourth-order valence-electron chi connectivity index (χ4n) is 3.57. The molecule has 0 aliphatic rings. The number of methoxy groups -OCH3 is 1. The summed E-state index contributed by atoms with van der Waals surface area (Å²) in [5.74, 6) is -1.69. The van der Waals surface area contributed by atoms with Gasteiger partial charge in [0, 0.05) is 29.3 Å². The van der Waals surface area contributed by atoms with Crippen LogP contribution >= 0.6 is 0 Å². The Labute approximate surface area is 198 Å². The van der Waals surface area contributed by atoms with Gasteiger partial charge >= 0.3 is 11.7 Å². The molecule has 1 N–H and O–H groups in total. The van der Waals surface area contributed by atoms with E-state index in [-0.39, 0.29) is 35.2 Å². The van der Waals surface area contributed by atoms with Gasteiger partial charge in [-0.25, -0.2) is 14.8 Å². The molecule has 0 saturated carbocycles. The van der Waals surface area contributed by atoms with E-state index in [1.807, 2.05) is 24.3 Å². The molecule has 4 aromatic rings. The Balaban J connectivity index is 1.88. The number of esters is 1. The van der Waals surface area contributed by atoms with Crippen molar-refractivity contribution in [3.8, 4) is 17.0 Å². The summed E-state index contributed by atoms with van der Waals surface area (Å²) in [5.41, 5.74) is 0.961. The minimum Gasteiger partial charge on any atom is -0.494 e. The number of para-hydroxylation sites is 1. The first kappa shape index (κ1) is 23.4. The molecular weight excluding hydrogens is 461 g/mol. The standard InChI is InChI=1S/C23H20FN5O6/c1-4-35-22(30)14-11-25-23(26-17-10-19(29(31)32)16(24)9-20(17)33-2)27-21(14)15-12-28(34-3)18-8-6-5-7-13(15)18/h5-12H,4H2,1-3H3,(H,25,26,27). The smallest absolute Gasteiger partial charge is 0.341 e. The number of nitrogens with zero attached hydrogens (tertiary/aromatic N) is 4. The third-order valence-corrected chi connectivity index (χ3v) is 5.13. The molecule has 11 nitrogen and oxygen atoms in total. The molecule has 35 heavy (non-hydrogen) atoms. The zero-order valence-corrected chi connectivity index (χ0v) is 18.9. The number of nitro benzene ring substituents is 1. The molecule has 2 heterocycles. The third-order valence-electron chi connectivity index (χ3n) is 5.13.